The van der Waals surface area contributed by atoms with E-state index in [0.717, 1.165) is 12.7 Å². The van der Waals surface area contributed by atoms with Gasteiger partial charge in [-0.15, -0.1) is 0 Å². The minimum atomic E-state index is 0.605. The highest BCUT2D eigenvalue weighted by Crippen LogP contribution is 2.41. The first-order valence-electron chi connectivity index (χ1n) is 4.66. The third-order valence-electron chi connectivity index (χ3n) is 3.26. The van der Waals surface area contributed by atoms with Gasteiger partial charge in [0.25, 0.3) is 0 Å². The molecule has 2 unspecified atom stereocenters. The van der Waals surface area contributed by atoms with E-state index in [0.29, 0.717) is 11.8 Å². The van der Waals surface area contributed by atoms with E-state index in [4.69, 9.17) is 7.85 Å². The van der Waals surface area contributed by atoms with Gasteiger partial charge in [-0.1, -0.05) is 31.8 Å². The second kappa shape index (κ2) is 3.51. The van der Waals surface area contributed by atoms with Crippen molar-refractivity contribution in [3.63, 3.8) is 0 Å². The molecular weight excluding hydrogens is 143 g/mol. The van der Waals surface area contributed by atoms with Gasteiger partial charge in [-0.2, -0.15) is 0 Å². The Kier molecular flexibility index (Phi) is 2.82. The minimum Gasteiger partial charge on any atom is -0.0953 e. The molecule has 0 aromatic rings. The molecule has 1 rings (SSSR count). The lowest BCUT2D eigenvalue weighted by Crippen LogP contribution is -2.07. The van der Waals surface area contributed by atoms with Crippen molar-refractivity contribution in [2.45, 2.75) is 33.5 Å². The Bertz CT molecular complexity index is 225. The van der Waals surface area contributed by atoms with Gasteiger partial charge >= 0.3 is 0 Å². The monoisotopic (exact) mass is 160 g/mol. The van der Waals surface area contributed by atoms with Crippen LogP contribution in [0.2, 0.25) is 6.32 Å². The first kappa shape index (κ1) is 9.63. The van der Waals surface area contributed by atoms with E-state index in [-0.39, 0.29) is 0 Å². The summed E-state index contributed by atoms with van der Waals surface area (Å²) in [6.45, 7) is 10.7. The quantitative estimate of drug-likeness (QED) is 0.544. The van der Waals surface area contributed by atoms with Gasteiger partial charge < -0.3 is 0 Å². The lowest BCUT2D eigenvalue weighted by Gasteiger charge is -2.17. The van der Waals surface area contributed by atoms with E-state index < -0.39 is 0 Å². The van der Waals surface area contributed by atoms with E-state index in [1.807, 2.05) is 0 Å². The predicted octanol–water partition coefficient (Wildman–Crippen LogP) is 3.12. The van der Waals surface area contributed by atoms with E-state index in [1.165, 1.54) is 16.7 Å². The highest BCUT2D eigenvalue weighted by atomic mass is 14.3. The molecule has 0 fully saturated rings. The smallest absolute Gasteiger partial charge is 0.0653 e. The summed E-state index contributed by atoms with van der Waals surface area (Å²) in [6.07, 6.45) is 1.89. The van der Waals surface area contributed by atoms with E-state index in [9.17, 15) is 0 Å². The van der Waals surface area contributed by atoms with Crippen molar-refractivity contribution in [1.29, 1.82) is 0 Å². The lowest BCUT2D eigenvalue weighted by molar-refractivity contribution is 0.482. The molecule has 64 valence electrons. The van der Waals surface area contributed by atoms with Crippen LogP contribution in [0.1, 0.15) is 27.2 Å². The third kappa shape index (κ3) is 1.37. The minimum absolute atomic E-state index is 0.605. The van der Waals surface area contributed by atoms with Crippen molar-refractivity contribution in [1.82, 2.24) is 0 Å². The molecule has 0 saturated carbocycles. The van der Waals surface area contributed by atoms with Gasteiger partial charge in [0, 0.05) is 0 Å². The Labute approximate surface area is 77.2 Å². The molecule has 0 bridgehead atoms. The first-order valence-corrected chi connectivity index (χ1v) is 4.66. The van der Waals surface area contributed by atoms with Crippen molar-refractivity contribution in [2.75, 3.05) is 0 Å². The Morgan fingerprint density at radius 1 is 1.42 bits per heavy atom. The number of rotatable bonds is 2. The molecule has 2 radical (unpaired) electrons. The summed E-state index contributed by atoms with van der Waals surface area (Å²) in [4.78, 5) is 0. The zero-order chi connectivity index (χ0) is 9.30. The molecule has 0 N–H and O–H groups in total. The fraction of sp³-hybridized carbons (Fsp3) is 0.636. The first-order chi connectivity index (χ1) is 5.59. The molecule has 0 amide bonds. The van der Waals surface area contributed by atoms with Crippen LogP contribution >= 0.6 is 0 Å². The van der Waals surface area contributed by atoms with Crippen LogP contribution in [-0.4, -0.2) is 7.85 Å². The molecular formula is C11H17B. The van der Waals surface area contributed by atoms with Crippen LogP contribution in [0.25, 0.3) is 0 Å². The summed E-state index contributed by atoms with van der Waals surface area (Å²) in [5.41, 5.74) is 4.21. The summed E-state index contributed by atoms with van der Waals surface area (Å²) in [5, 5.41) is 0. The lowest BCUT2D eigenvalue weighted by atomic mass is 9.84. The van der Waals surface area contributed by atoms with Crippen LogP contribution in [-0.2, 0) is 0 Å². The largest absolute Gasteiger partial charge is 0.0953 e. The SMILES string of the molecule is [B]CCC1C(C)=C(C)C(=C)C1C. The number of hydrogen-bond acceptors (Lipinski definition) is 0. The molecule has 1 heteroatoms. The maximum atomic E-state index is 5.57. The average molecular weight is 160 g/mol. The van der Waals surface area contributed by atoms with Crippen molar-refractivity contribution in [3.8, 4) is 0 Å². The Morgan fingerprint density at radius 2 is 2.00 bits per heavy atom. The molecule has 12 heavy (non-hydrogen) atoms. The zero-order valence-electron chi connectivity index (χ0n) is 8.35. The van der Waals surface area contributed by atoms with Crippen molar-refractivity contribution < 1.29 is 0 Å². The summed E-state index contributed by atoms with van der Waals surface area (Å²) < 4.78 is 0. The van der Waals surface area contributed by atoms with E-state index in [1.54, 1.807) is 0 Å². The van der Waals surface area contributed by atoms with Crippen molar-refractivity contribution in [3.05, 3.63) is 23.3 Å². The molecule has 1 aliphatic carbocycles. The highest BCUT2D eigenvalue weighted by molar-refractivity contribution is 6.08. The molecule has 1 aliphatic rings. The molecule has 0 aromatic carbocycles. The van der Waals surface area contributed by atoms with Crippen molar-refractivity contribution in [2.24, 2.45) is 11.8 Å². The number of allylic oxidation sites excluding steroid dienone is 3. The molecule has 2 atom stereocenters. The average Bonchev–Trinajstić information content (AvgIpc) is 2.23. The van der Waals surface area contributed by atoms with Crippen molar-refractivity contribution >= 4 is 7.85 Å². The molecule has 0 heterocycles. The van der Waals surface area contributed by atoms with Crippen LogP contribution in [0.4, 0.5) is 0 Å². The molecule has 0 nitrogen and oxygen atoms in total. The van der Waals surface area contributed by atoms with Gasteiger partial charge in [-0.25, -0.2) is 0 Å². The normalized spacial score (nSPS) is 30.1. The summed E-state index contributed by atoms with van der Waals surface area (Å²) >= 11 is 0. The summed E-state index contributed by atoms with van der Waals surface area (Å²) in [5.74, 6) is 1.26. The fourth-order valence-electron chi connectivity index (χ4n) is 2.14. The van der Waals surface area contributed by atoms with Gasteiger partial charge in [0.2, 0.25) is 0 Å². The van der Waals surface area contributed by atoms with Crippen LogP contribution < -0.4 is 0 Å². The Morgan fingerprint density at radius 3 is 2.33 bits per heavy atom. The molecule has 0 saturated heterocycles. The van der Waals surface area contributed by atoms with Crippen LogP contribution in [0, 0.1) is 11.8 Å². The van der Waals surface area contributed by atoms with Crippen LogP contribution in [0.15, 0.2) is 23.3 Å². The van der Waals surface area contributed by atoms with Crippen LogP contribution in [0.5, 0.6) is 0 Å². The topological polar surface area (TPSA) is 0 Å². The maximum absolute atomic E-state index is 5.57. The van der Waals surface area contributed by atoms with E-state index >= 15 is 0 Å². The third-order valence-corrected chi connectivity index (χ3v) is 3.26. The predicted molar refractivity (Wildman–Crippen MR) is 55.3 cm³/mol. The van der Waals surface area contributed by atoms with Crippen LogP contribution in [0.3, 0.4) is 0 Å². The molecule has 0 aromatic heterocycles. The van der Waals surface area contributed by atoms with Gasteiger partial charge in [0.15, 0.2) is 0 Å². The second-order valence-corrected chi connectivity index (χ2v) is 3.81. The second-order valence-electron chi connectivity index (χ2n) is 3.81. The summed E-state index contributed by atoms with van der Waals surface area (Å²) in [7, 11) is 5.57. The van der Waals surface area contributed by atoms with Gasteiger partial charge in [-0.05, 0) is 36.8 Å². The maximum Gasteiger partial charge on any atom is 0.0653 e. The van der Waals surface area contributed by atoms with Gasteiger partial charge in [0.05, 0.1) is 7.85 Å². The Hall–Kier alpha value is -0.455. The highest BCUT2D eigenvalue weighted by Gasteiger charge is 2.29. The van der Waals surface area contributed by atoms with E-state index in [2.05, 4.69) is 27.4 Å². The Balaban J connectivity index is 2.84. The fourth-order valence-corrected chi connectivity index (χ4v) is 2.14. The van der Waals surface area contributed by atoms with Gasteiger partial charge in [-0.3, -0.25) is 0 Å². The zero-order valence-corrected chi connectivity index (χ0v) is 8.35. The summed E-state index contributed by atoms with van der Waals surface area (Å²) in [6, 6.07) is 0. The molecule has 0 aliphatic heterocycles. The van der Waals surface area contributed by atoms with Gasteiger partial charge in [0.1, 0.15) is 0 Å². The molecule has 0 spiro atoms. The standard InChI is InChI=1S/C11H17B/c1-7-8(2)10(4)11(5-6-12)9(7)3/h9,11H,1,5-6H2,2-4H3. The number of hydrogen-bond donors (Lipinski definition) is 0.